The minimum absolute atomic E-state index is 0.586. The van der Waals surface area contributed by atoms with Gasteiger partial charge in [-0.15, -0.1) is 0 Å². The van der Waals surface area contributed by atoms with E-state index in [1.807, 2.05) is 7.11 Å². The van der Waals surface area contributed by atoms with Gasteiger partial charge in [0, 0.05) is 7.11 Å². The average molecular weight is 218 g/mol. The Bertz CT molecular complexity index is 347. The molecule has 0 aromatic rings. The van der Waals surface area contributed by atoms with Crippen molar-refractivity contribution in [2.45, 2.75) is 38.7 Å². The zero-order valence-corrected chi connectivity index (χ0v) is 10.4. The lowest BCUT2D eigenvalue weighted by molar-refractivity contribution is -0.0343. The third kappa shape index (κ3) is 0.827. The molecule has 4 aliphatic carbocycles. The van der Waals surface area contributed by atoms with E-state index in [9.17, 15) is 0 Å². The second kappa shape index (κ2) is 2.93. The molecule has 0 radical (unpaired) electrons. The molecule has 0 spiro atoms. The Morgan fingerprint density at radius 2 is 2.12 bits per heavy atom. The Morgan fingerprint density at radius 1 is 1.25 bits per heavy atom. The van der Waals surface area contributed by atoms with E-state index < -0.39 is 0 Å². The Kier molecular flexibility index (Phi) is 1.78. The van der Waals surface area contributed by atoms with Crippen molar-refractivity contribution in [3.63, 3.8) is 0 Å². The number of allylic oxidation sites excluding steroid dienone is 2. The summed E-state index contributed by atoms with van der Waals surface area (Å²) in [7, 11) is 1.92. The Labute approximate surface area is 98.2 Å². The molecule has 4 aliphatic rings. The van der Waals surface area contributed by atoms with Gasteiger partial charge in [-0.25, -0.2) is 0 Å². The molecule has 0 amide bonds. The van der Waals surface area contributed by atoms with Crippen molar-refractivity contribution in [3.05, 3.63) is 12.2 Å². The van der Waals surface area contributed by atoms with Gasteiger partial charge in [-0.2, -0.15) is 0 Å². The predicted octanol–water partition coefficient (Wildman–Crippen LogP) is 3.26. The van der Waals surface area contributed by atoms with E-state index in [4.69, 9.17) is 4.74 Å². The fraction of sp³-hybridized carbons (Fsp3) is 0.867. The lowest BCUT2D eigenvalue weighted by Crippen LogP contribution is -2.43. The van der Waals surface area contributed by atoms with E-state index in [-0.39, 0.29) is 0 Å². The highest BCUT2D eigenvalue weighted by atomic mass is 16.5. The zero-order chi connectivity index (χ0) is 10.9. The predicted molar refractivity (Wildman–Crippen MR) is 64.0 cm³/mol. The standard InChI is InChI=1S/C15H22O/c1-3-15-10-5-4-9(6-10)14(15)12-7-11(15)8-13(12)16-2/h4-5,9-14H,3,6-8H2,1-2H3. The molecule has 0 saturated heterocycles. The summed E-state index contributed by atoms with van der Waals surface area (Å²) >= 11 is 0. The molecular weight excluding hydrogens is 196 g/mol. The molecule has 7 unspecified atom stereocenters. The molecule has 1 heteroatoms. The monoisotopic (exact) mass is 218 g/mol. The van der Waals surface area contributed by atoms with Gasteiger partial charge < -0.3 is 4.74 Å². The van der Waals surface area contributed by atoms with Crippen LogP contribution in [-0.2, 0) is 4.74 Å². The summed E-state index contributed by atoms with van der Waals surface area (Å²) in [5.41, 5.74) is 0.694. The molecule has 7 atom stereocenters. The molecule has 16 heavy (non-hydrogen) atoms. The van der Waals surface area contributed by atoms with Gasteiger partial charge >= 0.3 is 0 Å². The lowest BCUT2D eigenvalue weighted by Gasteiger charge is -2.47. The van der Waals surface area contributed by atoms with Crippen molar-refractivity contribution in [3.8, 4) is 0 Å². The van der Waals surface area contributed by atoms with Crippen molar-refractivity contribution < 1.29 is 4.74 Å². The summed E-state index contributed by atoms with van der Waals surface area (Å²) in [4.78, 5) is 0. The molecule has 0 aromatic carbocycles. The minimum atomic E-state index is 0.586. The van der Waals surface area contributed by atoms with Crippen LogP contribution in [0.5, 0.6) is 0 Å². The molecule has 3 saturated carbocycles. The SMILES string of the molecule is CCC12C3C=CC(C3)C1C1CC2CC1OC. The summed E-state index contributed by atoms with van der Waals surface area (Å²) in [5.74, 6) is 4.64. The summed E-state index contributed by atoms with van der Waals surface area (Å²) in [6.45, 7) is 2.43. The molecule has 0 heterocycles. The van der Waals surface area contributed by atoms with Crippen LogP contribution in [0.25, 0.3) is 0 Å². The van der Waals surface area contributed by atoms with E-state index in [1.54, 1.807) is 0 Å². The van der Waals surface area contributed by atoms with Crippen LogP contribution in [-0.4, -0.2) is 13.2 Å². The van der Waals surface area contributed by atoms with Gasteiger partial charge in [0.15, 0.2) is 0 Å². The van der Waals surface area contributed by atoms with Gasteiger partial charge in [-0.05, 0) is 60.7 Å². The maximum Gasteiger partial charge on any atom is 0.0605 e. The molecule has 0 aromatic heterocycles. The fourth-order valence-electron chi connectivity index (χ4n) is 6.23. The summed E-state index contributed by atoms with van der Waals surface area (Å²) < 4.78 is 5.73. The Balaban J connectivity index is 1.78. The zero-order valence-electron chi connectivity index (χ0n) is 10.4. The summed E-state index contributed by atoms with van der Waals surface area (Å²) in [6, 6.07) is 0. The van der Waals surface area contributed by atoms with Crippen molar-refractivity contribution in [1.29, 1.82) is 0 Å². The van der Waals surface area contributed by atoms with Crippen LogP contribution < -0.4 is 0 Å². The van der Waals surface area contributed by atoms with E-state index in [0.29, 0.717) is 11.5 Å². The summed E-state index contributed by atoms with van der Waals surface area (Å²) in [5, 5.41) is 0. The average Bonchev–Trinajstić information content (AvgIpc) is 3.04. The van der Waals surface area contributed by atoms with Crippen molar-refractivity contribution in [2.75, 3.05) is 7.11 Å². The Morgan fingerprint density at radius 3 is 2.88 bits per heavy atom. The third-order valence-electron chi connectivity index (χ3n) is 6.58. The van der Waals surface area contributed by atoms with Crippen LogP contribution in [0.2, 0.25) is 0 Å². The van der Waals surface area contributed by atoms with Gasteiger partial charge in [0.1, 0.15) is 0 Å². The smallest absolute Gasteiger partial charge is 0.0605 e. The van der Waals surface area contributed by atoms with Crippen molar-refractivity contribution in [1.82, 2.24) is 0 Å². The molecule has 1 nitrogen and oxygen atoms in total. The second-order valence-electron chi connectivity index (χ2n) is 6.49. The van der Waals surface area contributed by atoms with E-state index in [2.05, 4.69) is 19.1 Å². The number of hydrogen-bond acceptors (Lipinski definition) is 1. The first-order valence-corrected chi connectivity index (χ1v) is 7.02. The number of ether oxygens (including phenoxy) is 1. The van der Waals surface area contributed by atoms with Crippen LogP contribution in [0.4, 0.5) is 0 Å². The molecule has 0 aliphatic heterocycles. The van der Waals surface area contributed by atoms with E-state index >= 15 is 0 Å². The van der Waals surface area contributed by atoms with Crippen LogP contribution >= 0.6 is 0 Å². The molecule has 3 fully saturated rings. The first-order valence-electron chi connectivity index (χ1n) is 7.02. The number of rotatable bonds is 2. The van der Waals surface area contributed by atoms with Crippen molar-refractivity contribution >= 4 is 0 Å². The number of hydrogen-bond donors (Lipinski definition) is 0. The summed E-state index contributed by atoms with van der Waals surface area (Å²) in [6.07, 6.45) is 11.3. The molecule has 4 rings (SSSR count). The quantitative estimate of drug-likeness (QED) is 0.510. The number of fused-ring (bicyclic) bond motifs is 9. The van der Waals surface area contributed by atoms with Gasteiger partial charge in [0.2, 0.25) is 0 Å². The minimum Gasteiger partial charge on any atom is -0.381 e. The number of methoxy groups -OCH3 is 1. The molecule has 0 N–H and O–H groups in total. The first kappa shape index (κ1) is 9.70. The maximum atomic E-state index is 5.73. The lowest BCUT2D eigenvalue weighted by atomic mass is 9.59. The van der Waals surface area contributed by atoms with Crippen LogP contribution in [0.3, 0.4) is 0 Å². The fourth-order valence-corrected chi connectivity index (χ4v) is 6.23. The maximum absolute atomic E-state index is 5.73. The second-order valence-corrected chi connectivity index (χ2v) is 6.49. The molecule has 88 valence electrons. The van der Waals surface area contributed by atoms with Gasteiger partial charge in [-0.3, -0.25) is 0 Å². The van der Waals surface area contributed by atoms with E-state index in [0.717, 1.165) is 29.6 Å². The molecule has 4 bridgehead atoms. The van der Waals surface area contributed by atoms with Crippen LogP contribution in [0.15, 0.2) is 12.2 Å². The largest absolute Gasteiger partial charge is 0.381 e. The molecular formula is C15H22O. The Hall–Kier alpha value is -0.300. The van der Waals surface area contributed by atoms with Gasteiger partial charge in [-0.1, -0.05) is 19.1 Å². The highest BCUT2D eigenvalue weighted by molar-refractivity contribution is 5.26. The van der Waals surface area contributed by atoms with Crippen LogP contribution in [0, 0.1) is 35.0 Å². The highest BCUT2D eigenvalue weighted by Crippen LogP contribution is 2.73. The topological polar surface area (TPSA) is 9.23 Å². The van der Waals surface area contributed by atoms with Crippen LogP contribution in [0.1, 0.15) is 32.6 Å². The van der Waals surface area contributed by atoms with Gasteiger partial charge in [0.05, 0.1) is 6.10 Å². The first-order chi connectivity index (χ1) is 7.81. The normalized spacial score (nSPS) is 60.9. The highest BCUT2D eigenvalue weighted by Gasteiger charge is 2.68. The van der Waals surface area contributed by atoms with E-state index in [1.165, 1.54) is 25.7 Å². The van der Waals surface area contributed by atoms with Gasteiger partial charge in [0.25, 0.3) is 0 Å². The van der Waals surface area contributed by atoms with Crippen molar-refractivity contribution in [2.24, 2.45) is 35.0 Å². The third-order valence-corrected chi connectivity index (χ3v) is 6.58.